The highest BCUT2D eigenvalue weighted by Gasteiger charge is 2.55. The van der Waals surface area contributed by atoms with Crippen molar-refractivity contribution in [3.8, 4) is 0 Å². The fourth-order valence-corrected chi connectivity index (χ4v) is 5.85. The maximum atomic E-state index is 14.2. The van der Waals surface area contributed by atoms with Gasteiger partial charge in [-0.1, -0.05) is 36.9 Å². The van der Waals surface area contributed by atoms with Crippen molar-refractivity contribution in [2.45, 2.75) is 84.0 Å². The average Bonchev–Trinajstić information content (AvgIpc) is 3.25. The molecule has 4 N–H and O–H groups in total. The van der Waals surface area contributed by atoms with Gasteiger partial charge in [-0.15, -0.1) is 0 Å². The van der Waals surface area contributed by atoms with Crippen LogP contribution in [0.2, 0.25) is 5.02 Å². The molecule has 0 spiro atoms. The standard InChI is InChI=1S/C26H39ClN4O4/c1-3-35-23(32)17-29-24(19-9-5-4-6-10-19)25(33)31(13-7-8-18(31)2)26(34)30-16-21-14-22(27)12-11-20(21)15-28/h11-12,14,18-19,24,29H,3-10,13,15-17,28H2,1-2H3/p+1/t18-,24-,31?/m1/s1. The first kappa shape index (κ1) is 27.6. The van der Waals surface area contributed by atoms with Crippen LogP contribution >= 0.6 is 11.6 Å². The summed E-state index contributed by atoms with van der Waals surface area (Å²) in [4.78, 5) is 40.1. The van der Waals surface area contributed by atoms with E-state index in [2.05, 4.69) is 10.6 Å². The van der Waals surface area contributed by atoms with Gasteiger partial charge in [0.15, 0.2) is 0 Å². The van der Waals surface area contributed by atoms with Crippen LogP contribution in [0.3, 0.4) is 0 Å². The lowest BCUT2D eigenvalue weighted by Crippen LogP contribution is -2.68. The number of halogens is 1. The molecule has 194 valence electrons. The van der Waals surface area contributed by atoms with E-state index >= 15 is 0 Å². The molecule has 1 heterocycles. The first-order chi connectivity index (χ1) is 16.8. The monoisotopic (exact) mass is 507 g/mol. The van der Waals surface area contributed by atoms with Crippen molar-refractivity contribution in [1.82, 2.24) is 10.6 Å². The van der Waals surface area contributed by atoms with Gasteiger partial charge in [0, 0.05) is 31.0 Å². The van der Waals surface area contributed by atoms with Gasteiger partial charge in [0.25, 0.3) is 0 Å². The molecular weight excluding hydrogens is 468 g/mol. The number of carbonyl (C=O) groups excluding carboxylic acids is 3. The summed E-state index contributed by atoms with van der Waals surface area (Å²) < 4.78 is 4.83. The van der Waals surface area contributed by atoms with Gasteiger partial charge >= 0.3 is 17.9 Å². The van der Waals surface area contributed by atoms with Crippen LogP contribution in [0.4, 0.5) is 4.79 Å². The van der Waals surface area contributed by atoms with Crippen LogP contribution in [0.1, 0.15) is 69.9 Å². The third-order valence-electron chi connectivity index (χ3n) is 7.62. The van der Waals surface area contributed by atoms with Gasteiger partial charge in [-0.25, -0.2) is 9.59 Å². The van der Waals surface area contributed by atoms with Crippen LogP contribution in [-0.2, 0) is 27.4 Å². The Morgan fingerprint density at radius 3 is 2.51 bits per heavy atom. The zero-order valence-corrected chi connectivity index (χ0v) is 21.7. The Labute approximate surface area is 213 Å². The Hall–Kier alpha value is -2.00. The molecule has 3 amide bonds. The van der Waals surface area contributed by atoms with Gasteiger partial charge in [-0.3, -0.25) is 10.1 Å². The summed E-state index contributed by atoms with van der Waals surface area (Å²) in [5, 5.41) is 6.78. The van der Waals surface area contributed by atoms with E-state index in [4.69, 9.17) is 22.1 Å². The number of rotatable bonds is 9. The second-order valence-corrected chi connectivity index (χ2v) is 10.2. The molecule has 1 aliphatic carbocycles. The summed E-state index contributed by atoms with van der Waals surface area (Å²) in [6, 6.07) is 4.41. The number of nitrogens with one attached hydrogen (secondary N) is 2. The summed E-state index contributed by atoms with van der Waals surface area (Å²) in [5.41, 5.74) is 7.61. The lowest BCUT2D eigenvalue weighted by molar-refractivity contribution is -0.786. The maximum Gasteiger partial charge on any atom is 0.424 e. The number of ether oxygens (including phenoxy) is 1. The van der Waals surface area contributed by atoms with Gasteiger partial charge in [-0.05, 0) is 55.9 Å². The smallest absolute Gasteiger partial charge is 0.424 e. The number of urea groups is 1. The van der Waals surface area contributed by atoms with E-state index in [-0.39, 0.29) is 54.0 Å². The van der Waals surface area contributed by atoms with E-state index in [1.807, 2.05) is 13.0 Å². The third-order valence-corrected chi connectivity index (χ3v) is 7.85. The molecule has 1 saturated heterocycles. The molecule has 2 fully saturated rings. The van der Waals surface area contributed by atoms with Gasteiger partial charge in [0.2, 0.25) is 0 Å². The Morgan fingerprint density at radius 1 is 1.14 bits per heavy atom. The highest BCUT2D eigenvalue weighted by Crippen LogP contribution is 2.34. The number of imide groups is 1. The second kappa shape index (κ2) is 12.8. The van der Waals surface area contributed by atoms with Crippen LogP contribution in [0.5, 0.6) is 0 Å². The molecule has 1 aromatic rings. The molecule has 1 unspecified atom stereocenters. The zero-order valence-electron chi connectivity index (χ0n) is 21.0. The Balaban J connectivity index is 1.84. The summed E-state index contributed by atoms with van der Waals surface area (Å²) >= 11 is 6.17. The number of nitrogens with two attached hydrogens (primary N) is 1. The predicted molar refractivity (Wildman–Crippen MR) is 135 cm³/mol. The molecular formula is C26H40ClN4O4+. The molecule has 1 aromatic carbocycles. The molecule has 35 heavy (non-hydrogen) atoms. The Kier molecular flexibility index (Phi) is 10.1. The van der Waals surface area contributed by atoms with E-state index in [0.29, 0.717) is 18.1 Å². The molecule has 9 heteroatoms. The van der Waals surface area contributed by atoms with Gasteiger partial charge in [-0.2, -0.15) is 4.48 Å². The first-order valence-corrected chi connectivity index (χ1v) is 13.3. The molecule has 3 atom stereocenters. The number of carbonyl (C=O) groups is 3. The van der Waals surface area contributed by atoms with Crippen molar-refractivity contribution in [3.63, 3.8) is 0 Å². The number of quaternary nitrogens is 1. The molecule has 1 aliphatic heterocycles. The average molecular weight is 508 g/mol. The van der Waals surface area contributed by atoms with Gasteiger partial charge in [0.1, 0.15) is 12.1 Å². The van der Waals surface area contributed by atoms with E-state index in [0.717, 1.165) is 56.1 Å². The first-order valence-electron chi connectivity index (χ1n) is 12.9. The van der Waals surface area contributed by atoms with E-state index in [1.165, 1.54) is 0 Å². The molecule has 0 bridgehead atoms. The lowest BCUT2D eigenvalue weighted by Gasteiger charge is -2.38. The molecule has 1 saturated carbocycles. The van der Waals surface area contributed by atoms with Gasteiger partial charge in [0.05, 0.1) is 19.7 Å². The largest absolute Gasteiger partial charge is 0.465 e. The van der Waals surface area contributed by atoms with Crippen LogP contribution in [-0.4, -0.2) is 54.2 Å². The minimum absolute atomic E-state index is 0.0425. The number of nitrogens with zero attached hydrogens (tertiary/aromatic N) is 1. The highest BCUT2D eigenvalue weighted by molar-refractivity contribution is 6.30. The fourth-order valence-electron chi connectivity index (χ4n) is 5.65. The topological polar surface area (TPSA) is 111 Å². The number of amides is 3. The minimum atomic E-state index is -0.572. The molecule has 8 nitrogen and oxygen atoms in total. The predicted octanol–water partition coefficient (Wildman–Crippen LogP) is 3.64. The summed E-state index contributed by atoms with van der Waals surface area (Å²) in [6.45, 7) is 5.01. The molecule has 2 aliphatic rings. The lowest BCUT2D eigenvalue weighted by atomic mass is 9.82. The van der Waals surface area contributed by atoms with Crippen LogP contribution in [0.15, 0.2) is 18.2 Å². The number of benzene rings is 1. The Morgan fingerprint density at radius 2 is 1.89 bits per heavy atom. The van der Waals surface area contributed by atoms with Crippen molar-refractivity contribution in [2.75, 3.05) is 19.7 Å². The van der Waals surface area contributed by atoms with Crippen LogP contribution in [0.25, 0.3) is 0 Å². The Bertz CT molecular complexity index is 905. The normalized spacial score (nSPS) is 23.6. The van der Waals surface area contributed by atoms with Crippen LogP contribution < -0.4 is 16.4 Å². The summed E-state index contributed by atoms with van der Waals surface area (Å²) in [7, 11) is 0. The number of hydrogen-bond donors (Lipinski definition) is 3. The van der Waals surface area contributed by atoms with Crippen molar-refractivity contribution < 1.29 is 23.6 Å². The summed E-state index contributed by atoms with van der Waals surface area (Å²) in [5.74, 6) is -0.436. The van der Waals surface area contributed by atoms with Crippen molar-refractivity contribution in [2.24, 2.45) is 11.7 Å². The second-order valence-electron chi connectivity index (χ2n) is 9.76. The third kappa shape index (κ3) is 6.42. The van der Waals surface area contributed by atoms with Gasteiger partial charge < -0.3 is 15.8 Å². The SMILES string of the molecule is CCOC(=O)CN[C@@H](C(=O)[N+]1(C(=O)NCc2cc(Cl)ccc2CN)CCC[C@H]1C)C1CCCCC1. The quantitative estimate of drug-likeness (QED) is 0.347. The van der Waals surface area contributed by atoms with E-state index < -0.39 is 6.04 Å². The maximum absolute atomic E-state index is 14.2. The number of esters is 1. The number of hydrogen-bond acceptors (Lipinski definition) is 6. The molecule has 0 aromatic heterocycles. The van der Waals surface area contributed by atoms with Crippen molar-refractivity contribution in [3.05, 3.63) is 34.3 Å². The van der Waals surface area contributed by atoms with E-state index in [9.17, 15) is 14.4 Å². The van der Waals surface area contributed by atoms with Crippen molar-refractivity contribution in [1.29, 1.82) is 0 Å². The number of likely N-dealkylation sites (tertiary alicyclic amines) is 1. The molecule has 0 radical (unpaired) electrons. The fraction of sp³-hybridized carbons (Fsp3) is 0.654. The summed E-state index contributed by atoms with van der Waals surface area (Å²) in [6.07, 6.45) is 6.65. The van der Waals surface area contributed by atoms with Crippen molar-refractivity contribution >= 4 is 29.5 Å². The highest BCUT2D eigenvalue weighted by atomic mass is 35.5. The van der Waals surface area contributed by atoms with Crippen LogP contribution in [0, 0.1) is 5.92 Å². The van der Waals surface area contributed by atoms with E-state index in [1.54, 1.807) is 19.1 Å². The zero-order chi connectivity index (χ0) is 25.4. The molecule has 3 rings (SSSR count). The minimum Gasteiger partial charge on any atom is -0.465 e.